The number of hydrogen-bond donors (Lipinski definition) is 1. The SMILES string of the molecule is CN(CC1CNCCO1)CC(C)(C)C. The molecule has 1 aliphatic heterocycles. The van der Waals surface area contributed by atoms with E-state index in [4.69, 9.17) is 4.74 Å². The number of ether oxygens (including phenoxy) is 1. The Balaban J connectivity index is 2.21. The van der Waals surface area contributed by atoms with Gasteiger partial charge < -0.3 is 15.0 Å². The van der Waals surface area contributed by atoms with Crippen molar-refractivity contribution in [2.75, 3.05) is 39.8 Å². The molecule has 3 nitrogen and oxygen atoms in total. The smallest absolute Gasteiger partial charge is 0.0826 e. The topological polar surface area (TPSA) is 24.5 Å². The minimum absolute atomic E-state index is 0.371. The summed E-state index contributed by atoms with van der Waals surface area (Å²) in [6, 6.07) is 0. The first-order valence-electron chi connectivity index (χ1n) is 5.48. The van der Waals surface area contributed by atoms with Crippen LogP contribution in [0.3, 0.4) is 0 Å². The van der Waals surface area contributed by atoms with Crippen LogP contribution in [0.2, 0.25) is 0 Å². The summed E-state index contributed by atoms with van der Waals surface area (Å²) in [6.07, 6.45) is 0.371. The predicted molar refractivity (Wildman–Crippen MR) is 59.6 cm³/mol. The van der Waals surface area contributed by atoms with Gasteiger partial charge in [-0.25, -0.2) is 0 Å². The second-order valence-corrected chi connectivity index (χ2v) is 5.45. The van der Waals surface area contributed by atoms with Crippen LogP contribution in [0.25, 0.3) is 0 Å². The molecule has 84 valence electrons. The van der Waals surface area contributed by atoms with E-state index in [9.17, 15) is 0 Å². The monoisotopic (exact) mass is 200 g/mol. The van der Waals surface area contributed by atoms with E-state index < -0.39 is 0 Å². The summed E-state index contributed by atoms with van der Waals surface area (Å²) in [5.74, 6) is 0. The maximum atomic E-state index is 5.66. The second kappa shape index (κ2) is 5.10. The van der Waals surface area contributed by atoms with Crippen molar-refractivity contribution in [3.8, 4) is 0 Å². The van der Waals surface area contributed by atoms with E-state index in [0.717, 1.165) is 32.8 Å². The predicted octanol–water partition coefficient (Wildman–Crippen LogP) is 0.953. The molecule has 1 heterocycles. The lowest BCUT2D eigenvalue weighted by Gasteiger charge is -2.31. The molecule has 3 heteroatoms. The Morgan fingerprint density at radius 2 is 2.14 bits per heavy atom. The number of likely N-dealkylation sites (N-methyl/N-ethyl adjacent to an activating group) is 1. The summed E-state index contributed by atoms with van der Waals surface area (Å²) < 4.78 is 5.66. The van der Waals surface area contributed by atoms with E-state index in [1.165, 1.54) is 0 Å². The average molecular weight is 200 g/mol. The van der Waals surface area contributed by atoms with E-state index >= 15 is 0 Å². The molecule has 0 radical (unpaired) electrons. The molecule has 0 saturated carbocycles. The highest BCUT2D eigenvalue weighted by Gasteiger charge is 2.18. The van der Waals surface area contributed by atoms with Crippen LogP contribution in [0.15, 0.2) is 0 Å². The number of morpholine rings is 1. The minimum atomic E-state index is 0.371. The zero-order chi connectivity index (χ0) is 10.6. The zero-order valence-corrected chi connectivity index (χ0v) is 9.97. The maximum absolute atomic E-state index is 5.66. The Labute approximate surface area is 87.8 Å². The van der Waals surface area contributed by atoms with Gasteiger partial charge in [-0.1, -0.05) is 20.8 Å². The molecule has 1 rings (SSSR count). The summed E-state index contributed by atoms with van der Waals surface area (Å²) in [5.41, 5.74) is 0.372. The molecule has 1 unspecified atom stereocenters. The van der Waals surface area contributed by atoms with E-state index in [0.29, 0.717) is 11.5 Å². The third kappa shape index (κ3) is 4.94. The zero-order valence-electron chi connectivity index (χ0n) is 9.97. The van der Waals surface area contributed by atoms with Gasteiger partial charge >= 0.3 is 0 Å². The van der Waals surface area contributed by atoms with E-state index in [-0.39, 0.29) is 0 Å². The first kappa shape index (κ1) is 12.0. The third-order valence-electron chi connectivity index (χ3n) is 2.26. The van der Waals surface area contributed by atoms with Gasteiger partial charge in [0, 0.05) is 26.2 Å². The van der Waals surface area contributed by atoms with Gasteiger partial charge in [-0.15, -0.1) is 0 Å². The lowest BCUT2D eigenvalue weighted by Crippen LogP contribution is -2.45. The Morgan fingerprint density at radius 3 is 2.64 bits per heavy atom. The number of rotatable bonds is 3. The lowest BCUT2D eigenvalue weighted by molar-refractivity contribution is 0.00557. The van der Waals surface area contributed by atoms with Crippen molar-refractivity contribution >= 4 is 0 Å². The molecular formula is C11H24N2O. The minimum Gasteiger partial charge on any atom is -0.374 e. The van der Waals surface area contributed by atoms with E-state index in [1.54, 1.807) is 0 Å². The molecule has 0 aliphatic carbocycles. The highest BCUT2D eigenvalue weighted by molar-refractivity contribution is 4.73. The normalized spacial score (nSPS) is 24.2. The van der Waals surface area contributed by atoms with Crippen LogP contribution in [0.5, 0.6) is 0 Å². The van der Waals surface area contributed by atoms with Crippen LogP contribution in [0.4, 0.5) is 0 Å². The second-order valence-electron chi connectivity index (χ2n) is 5.45. The first-order valence-corrected chi connectivity index (χ1v) is 5.48. The summed E-state index contributed by atoms with van der Waals surface area (Å²) >= 11 is 0. The first-order chi connectivity index (χ1) is 6.47. The van der Waals surface area contributed by atoms with Gasteiger partial charge in [-0.05, 0) is 12.5 Å². The Hall–Kier alpha value is -0.120. The number of nitrogens with one attached hydrogen (secondary N) is 1. The number of nitrogens with zero attached hydrogens (tertiary/aromatic N) is 1. The molecule has 0 spiro atoms. The molecule has 1 atom stereocenters. The van der Waals surface area contributed by atoms with Gasteiger partial charge in [0.1, 0.15) is 0 Å². The van der Waals surface area contributed by atoms with Crippen molar-refractivity contribution < 1.29 is 4.74 Å². The van der Waals surface area contributed by atoms with E-state index in [2.05, 4.69) is 38.0 Å². The van der Waals surface area contributed by atoms with Crippen LogP contribution >= 0.6 is 0 Å². The van der Waals surface area contributed by atoms with Gasteiger partial charge in [0.2, 0.25) is 0 Å². The molecular weight excluding hydrogens is 176 g/mol. The van der Waals surface area contributed by atoms with Crippen molar-refractivity contribution in [3.05, 3.63) is 0 Å². The van der Waals surface area contributed by atoms with Gasteiger partial charge in [0.15, 0.2) is 0 Å². The van der Waals surface area contributed by atoms with Crippen LogP contribution in [-0.2, 0) is 4.74 Å². The highest BCUT2D eigenvalue weighted by Crippen LogP contribution is 2.14. The average Bonchev–Trinajstić information content (AvgIpc) is 2.02. The fourth-order valence-corrected chi connectivity index (χ4v) is 1.96. The summed E-state index contributed by atoms with van der Waals surface area (Å²) in [7, 11) is 2.17. The standard InChI is InChI=1S/C11H24N2O/c1-11(2,3)9-13(4)8-10-7-12-5-6-14-10/h10,12H,5-9H2,1-4H3. The van der Waals surface area contributed by atoms with Crippen molar-refractivity contribution in [3.63, 3.8) is 0 Å². The third-order valence-corrected chi connectivity index (χ3v) is 2.26. The fourth-order valence-electron chi connectivity index (χ4n) is 1.96. The molecule has 1 N–H and O–H groups in total. The van der Waals surface area contributed by atoms with E-state index in [1.807, 2.05) is 0 Å². The molecule has 1 fully saturated rings. The van der Waals surface area contributed by atoms with Crippen molar-refractivity contribution in [2.45, 2.75) is 26.9 Å². The highest BCUT2D eigenvalue weighted by atomic mass is 16.5. The quantitative estimate of drug-likeness (QED) is 0.734. The molecule has 0 bridgehead atoms. The Kier molecular flexibility index (Phi) is 4.35. The molecule has 0 aromatic heterocycles. The molecule has 0 aromatic carbocycles. The lowest BCUT2D eigenvalue weighted by atomic mass is 9.96. The van der Waals surface area contributed by atoms with Crippen LogP contribution in [0, 0.1) is 5.41 Å². The van der Waals surface area contributed by atoms with Gasteiger partial charge in [-0.3, -0.25) is 0 Å². The number of hydrogen-bond acceptors (Lipinski definition) is 3. The maximum Gasteiger partial charge on any atom is 0.0826 e. The summed E-state index contributed by atoms with van der Waals surface area (Å²) in [6.45, 7) is 11.8. The Morgan fingerprint density at radius 1 is 1.43 bits per heavy atom. The molecule has 0 amide bonds. The summed E-state index contributed by atoms with van der Waals surface area (Å²) in [4.78, 5) is 2.36. The van der Waals surface area contributed by atoms with Crippen molar-refractivity contribution in [1.29, 1.82) is 0 Å². The molecule has 14 heavy (non-hydrogen) atoms. The van der Waals surface area contributed by atoms with Crippen LogP contribution in [0.1, 0.15) is 20.8 Å². The van der Waals surface area contributed by atoms with Crippen molar-refractivity contribution in [1.82, 2.24) is 10.2 Å². The van der Waals surface area contributed by atoms with Gasteiger partial charge in [-0.2, -0.15) is 0 Å². The van der Waals surface area contributed by atoms with Gasteiger partial charge in [0.25, 0.3) is 0 Å². The van der Waals surface area contributed by atoms with Crippen LogP contribution in [-0.4, -0.2) is 50.8 Å². The van der Waals surface area contributed by atoms with Crippen molar-refractivity contribution in [2.24, 2.45) is 5.41 Å². The van der Waals surface area contributed by atoms with Gasteiger partial charge in [0.05, 0.1) is 12.7 Å². The fraction of sp³-hybridized carbons (Fsp3) is 1.00. The molecule has 0 aromatic rings. The largest absolute Gasteiger partial charge is 0.374 e. The Bertz CT molecular complexity index is 159. The molecule has 1 aliphatic rings. The molecule has 1 saturated heterocycles. The summed E-state index contributed by atoms with van der Waals surface area (Å²) in [5, 5.41) is 3.35. The van der Waals surface area contributed by atoms with Crippen LogP contribution < -0.4 is 5.32 Å².